The molecule has 1 aromatic carbocycles. The van der Waals surface area contributed by atoms with Crippen LogP contribution >= 0.6 is 11.6 Å². The monoisotopic (exact) mass is 362 g/mol. The number of nitrogens with zero attached hydrogens (tertiary/aromatic N) is 4. The number of piperazine rings is 1. The van der Waals surface area contributed by atoms with Gasteiger partial charge >= 0.3 is 5.97 Å². The van der Waals surface area contributed by atoms with Crippen molar-refractivity contribution >= 4 is 17.6 Å². The first-order valence-corrected chi connectivity index (χ1v) is 8.87. The Labute approximate surface area is 152 Å². The lowest BCUT2D eigenvalue weighted by atomic mass is 10.1. The summed E-state index contributed by atoms with van der Waals surface area (Å²) >= 11 is 6.38. The molecule has 2 aromatic rings. The van der Waals surface area contributed by atoms with Gasteiger partial charge in [0.15, 0.2) is 11.2 Å². The van der Waals surface area contributed by atoms with Gasteiger partial charge in [-0.05, 0) is 6.54 Å². The molecule has 0 amide bonds. The Morgan fingerprint density at radius 3 is 2.44 bits per heavy atom. The summed E-state index contributed by atoms with van der Waals surface area (Å²) in [5.41, 5.74) is 1.45. The highest BCUT2D eigenvalue weighted by Gasteiger charge is 2.35. The smallest absolute Gasteiger partial charge is 0.327 e. The van der Waals surface area contributed by atoms with E-state index >= 15 is 0 Å². The average Bonchev–Trinajstić information content (AvgIpc) is 2.91. The van der Waals surface area contributed by atoms with Gasteiger partial charge in [-0.15, -0.1) is 0 Å². The number of halogens is 1. The first-order valence-electron chi connectivity index (χ1n) is 8.49. The Morgan fingerprint density at radius 1 is 1.24 bits per heavy atom. The minimum absolute atomic E-state index is 0.256. The number of aliphatic carboxylic acids is 1. The minimum atomic E-state index is -0.894. The van der Waals surface area contributed by atoms with Crippen LogP contribution in [0.5, 0.6) is 0 Å². The van der Waals surface area contributed by atoms with Crippen molar-refractivity contribution in [2.75, 3.05) is 32.7 Å². The van der Waals surface area contributed by atoms with E-state index in [0.29, 0.717) is 24.6 Å². The lowest BCUT2D eigenvalue weighted by molar-refractivity contribution is -0.144. The highest BCUT2D eigenvalue weighted by Crippen LogP contribution is 2.32. The third-order valence-corrected chi connectivity index (χ3v) is 5.12. The molecule has 0 saturated carbocycles. The first kappa shape index (κ1) is 17.9. The van der Waals surface area contributed by atoms with Gasteiger partial charge in [-0.1, -0.05) is 48.9 Å². The zero-order valence-corrected chi connectivity index (χ0v) is 15.3. The summed E-state index contributed by atoms with van der Waals surface area (Å²) in [5, 5.41) is 10.1. The number of carbonyl (C=O) groups is 1. The number of aromatic nitrogens is 2. The Balaban J connectivity index is 1.95. The van der Waals surface area contributed by atoms with Crippen molar-refractivity contribution in [3.63, 3.8) is 0 Å². The summed E-state index contributed by atoms with van der Waals surface area (Å²) in [6.45, 7) is 6.23. The molecular formula is C18H23ClN4O2. The fourth-order valence-corrected chi connectivity index (χ4v) is 3.71. The lowest BCUT2D eigenvalue weighted by Gasteiger charge is -2.37. The Hall–Kier alpha value is -1.89. The second kappa shape index (κ2) is 7.56. The summed E-state index contributed by atoms with van der Waals surface area (Å²) in [6, 6.07) is 8.88. The number of carboxylic acids is 1. The minimum Gasteiger partial charge on any atom is -0.480 e. The Bertz CT molecular complexity index is 739. The molecule has 0 bridgehead atoms. The predicted octanol–water partition coefficient (Wildman–Crippen LogP) is 2.50. The van der Waals surface area contributed by atoms with E-state index in [9.17, 15) is 9.90 Å². The maximum atomic E-state index is 12.0. The summed E-state index contributed by atoms with van der Waals surface area (Å²) < 4.78 is 1.81. The number of hydrogen-bond acceptors (Lipinski definition) is 4. The molecule has 25 heavy (non-hydrogen) atoms. The van der Waals surface area contributed by atoms with Gasteiger partial charge < -0.3 is 14.6 Å². The van der Waals surface area contributed by atoms with Crippen LogP contribution in [0.2, 0.25) is 5.15 Å². The van der Waals surface area contributed by atoms with Crippen molar-refractivity contribution < 1.29 is 9.90 Å². The van der Waals surface area contributed by atoms with E-state index in [2.05, 4.69) is 16.8 Å². The number of rotatable bonds is 5. The zero-order chi connectivity index (χ0) is 18.0. The molecular weight excluding hydrogens is 340 g/mol. The van der Waals surface area contributed by atoms with Crippen molar-refractivity contribution in [2.45, 2.75) is 13.0 Å². The molecule has 1 atom stereocenters. The van der Waals surface area contributed by atoms with Gasteiger partial charge in [-0.2, -0.15) is 0 Å². The second-order valence-electron chi connectivity index (χ2n) is 6.25. The number of likely N-dealkylation sites (N-methyl/N-ethyl adjacent to an activating group) is 1. The van der Waals surface area contributed by atoms with E-state index in [1.807, 2.05) is 46.8 Å². The fraction of sp³-hybridized carbons (Fsp3) is 0.444. The van der Waals surface area contributed by atoms with E-state index in [0.717, 1.165) is 25.2 Å². The van der Waals surface area contributed by atoms with Crippen molar-refractivity contribution in [3.05, 3.63) is 41.2 Å². The standard InChI is InChI=1S/C18H23ClN4O2/c1-3-22-9-11-23(12-10-22)15(18(24)25)14-16(19)20-17(21(14)2)13-7-5-4-6-8-13/h4-8,15H,3,9-12H2,1-2H3,(H,24,25). The molecule has 1 unspecified atom stereocenters. The van der Waals surface area contributed by atoms with Crippen molar-refractivity contribution in [1.29, 1.82) is 0 Å². The molecule has 1 aliphatic heterocycles. The van der Waals surface area contributed by atoms with Crippen LogP contribution in [-0.4, -0.2) is 63.2 Å². The molecule has 0 aliphatic carbocycles. The van der Waals surface area contributed by atoms with E-state index in [4.69, 9.17) is 11.6 Å². The van der Waals surface area contributed by atoms with Gasteiger partial charge in [0.2, 0.25) is 0 Å². The molecule has 1 fully saturated rings. The topological polar surface area (TPSA) is 61.6 Å². The van der Waals surface area contributed by atoms with E-state index in [1.54, 1.807) is 0 Å². The number of carboxylic acid groups (broad SMARTS) is 1. The van der Waals surface area contributed by atoms with Crippen LogP contribution < -0.4 is 0 Å². The molecule has 3 rings (SSSR count). The van der Waals surface area contributed by atoms with Gasteiger partial charge in [-0.25, -0.2) is 4.98 Å². The Morgan fingerprint density at radius 2 is 1.88 bits per heavy atom. The molecule has 7 heteroatoms. The number of hydrogen-bond donors (Lipinski definition) is 1. The molecule has 1 aliphatic rings. The third-order valence-electron chi connectivity index (χ3n) is 4.84. The van der Waals surface area contributed by atoms with Gasteiger partial charge in [0.1, 0.15) is 5.82 Å². The predicted molar refractivity (Wildman–Crippen MR) is 97.7 cm³/mol. The molecule has 0 spiro atoms. The number of imidazole rings is 1. The SMILES string of the molecule is CCN1CCN(C(C(=O)O)c2c(Cl)nc(-c3ccccc3)n2C)CC1. The fourth-order valence-electron chi connectivity index (χ4n) is 3.40. The van der Waals surface area contributed by atoms with Crippen LogP contribution in [0, 0.1) is 0 Å². The maximum absolute atomic E-state index is 12.0. The highest BCUT2D eigenvalue weighted by molar-refractivity contribution is 6.30. The molecule has 1 N–H and O–H groups in total. The first-order chi connectivity index (χ1) is 12.0. The van der Waals surface area contributed by atoms with Crippen LogP contribution in [0.3, 0.4) is 0 Å². The highest BCUT2D eigenvalue weighted by atomic mass is 35.5. The second-order valence-corrected chi connectivity index (χ2v) is 6.61. The molecule has 0 radical (unpaired) electrons. The van der Waals surface area contributed by atoms with Gasteiger partial charge in [0.25, 0.3) is 0 Å². The van der Waals surface area contributed by atoms with Crippen LogP contribution in [0.1, 0.15) is 18.7 Å². The molecule has 1 aromatic heterocycles. The molecule has 134 valence electrons. The van der Waals surface area contributed by atoms with Gasteiger partial charge in [-0.3, -0.25) is 9.69 Å². The maximum Gasteiger partial charge on any atom is 0.327 e. The van der Waals surface area contributed by atoms with Crippen molar-refractivity contribution in [3.8, 4) is 11.4 Å². The van der Waals surface area contributed by atoms with Crippen LogP contribution in [-0.2, 0) is 11.8 Å². The van der Waals surface area contributed by atoms with Crippen molar-refractivity contribution in [2.24, 2.45) is 7.05 Å². The zero-order valence-electron chi connectivity index (χ0n) is 14.5. The van der Waals surface area contributed by atoms with E-state index in [1.165, 1.54) is 0 Å². The quantitative estimate of drug-likeness (QED) is 0.885. The van der Waals surface area contributed by atoms with Gasteiger partial charge in [0.05, 0.1) is 5.69 Å². The number of benzene rings is 1. The molecule has 2 heterocycles. The third kappa shape index (κ3) is 3.56. The molecule has 1 saturated heterocycles. The molecule has 6 nitrogen and oxygen atoms in total. The van der Waals surface area contributed by atoms with Crippen LogP contribution in [0.15, 0.2) is 30.3 Å². The largest absolute Gasteiger partial charge is 0.480 e. The summed E-state index contributed by atoms with van der Waals surface area (Å²) in [7, 11) is 1.83. The van der Waals surface area contributed by atoms with Gasteiger partial charge in [0, 0.05) is 38.8 Å². The summed E-state index contributed by atoms with van der Waals surface area (Å²) in [6.07, 6.45) is 0. The average molecular weight is 363 g/mol. The summed E-state index contributed by atoms with van der Waals surface area (Å²) in [4.78, 5) is 20.8. The Kier molecular flexibility index (Phi) is 5.42. The van der Waals surface area contributed by atoms with Crippen LogP contribution in [0.4, 0.5) is 0 Å². The normalized spacial score (nSPS) is 17.6. The van der Waals surface area contributed by atoms with E-state index in [-0.39, 0.29) is 5.15 Å². The lowest BCUT2D eigenvalue weighted by Crippen LogP contribution is -2.49. The van der Waals surface area contributed by atoms with Crippen LogP contribution in [0.25, 0.3) is 11.4 Å². The van der Waals surface area contributed by atoms with E-state index < -0.39 is 12.0 Å². The summed E-state index contributed by atoms with van der Waals surface area (Å²) in [5.74, 6) is -0.214. The van der Waals surface area contributed by atoms with Crippen molar-refractivity contribution in [1.82, 2.24) is 19.4 Å².